The van der Waals surface area contributed by atoms with Crippen molar-refractivity contribution in [2.24, 2.45) is 0 Å². The fraction of sp³-hybridized carbons (Fsp3) is 0.800. The number of nitrogens with one attached hydrogen (secondary N) is 1. The highest BCUT2D eigenvalue weighted by molar-refractivity contribution is 5.05. The van der Waals surface area contributed by atoms with Crippen molar-refractivity contribution < 1.29 is 0 Å². The number of hydrogen-bond acceptors (Lipinski definition) is 1. The van der Waals surface area contributed by atoms with E-state index >= 15 is 0 Å². The highest BCUT2D eigenvalue weighted by Crippen LogP contribution is 2.24. The zero-order valence-electron chi connectivity index (χ0n) is 11.8. The fourth-order valence-electron chi connectivity index (χ4n) is 2.30. The summed E-state index contributed by atoms with van der Waals surface area (Å²) >= 11 is 0. The molecule has 1 aromatic heterocycles. The summed E-state index contributed by atoms with van der Waals surface area (Å²) in [5.74, 6) is 1.88. The average molecular weight is 236 g/mol. The molecule has 0 fully saturated rings. The van der Waals surface area contributed by atoms with Gasteiger partial charge < -0.3 is 4.98 Å². The minimum Gasteiger partial charge on any atom is -0.346 e. The summed E-state index contributed by atoms with van der Waals surface area (Å²) < 4.78 is 0. The van der Waals surface area contributed by atoms with Crippen molar-refractivity contribution in [2.45, 2.75) is 78.1 Å². The number of aryl methyl sites for hydroxylation is 1. The molecule has 1 rings (SSSR count). The van der Waals surface area contributed by atoms with E-state index in [9.17, 15) is 0 Å². The Morgan fingerprint density at radius 2 is 1.82 bits per heavy atom. The van der Waals surface area contributed by atoms with Gasteiger partial charge >= 0.3 is 0 Å². The lowest BCUT2D eigenvalue weighted by atomic mass is 9.96. The first-order valence-corrected chi connectivity index (χ1v) is 7.35. The second-order valence-electron chi connectivity index (χ2n) is 5.03. The van der Waals surface area contributed by atoms with Gasteiger partial charge in [-0.15, -0.1) is 0 Å². The number of rotatable bonds is 9. The van der Waals surface area contributed by atoms with Crippen LogP contribution in [-0.2, 0) is 6.42 Å². The zero-order valence-corrected chi connectivity index (χ0v) is 11.8. The van der Waals surface area contributed by atoms with E-state index in [1.54, 1.807) is 0 Å². The Kier molecular flexibility index (Phi) is 6.99. The van der Waals surface area contributed by atoms with Crippen LogP contribution in [0.2, 0.25) is 0 Å². The topological polar surface area (TPSA) is 28.7 Å². The van der Waals surface area contributed by atoms with Crippen LogP contribution in [0, 0.1) is 0 Å². The average Bonchev–Trinajstić information content (AvgIpc) is 2.80. The molecule has 0 saturated heterocycles. The molecule has 2 nitrogen and oxygen atoms in total. The van der Waals surface area contributed by atoms with Crippen LogP contribution < -0.4 is 0 Å². The third kappa shape index (κ3) is 4.93. The second-order valence-corrected chi connectivity index (χ2v) is 5.03. The largest absolute Gasteiger partial charge is 0.346 e. The quantitative estimate of drug-likeness (QED) is 0.654. The van der Waals surface area contributed by atoms with Crippen molar-refractivity contribution in [2.75, 3.05) is 0 Å². The van der Waals surface area contributed by atoms with Crippen molar-refractivity contribution in [3.8, 4) is 0 Å². The Balaban J connectivity index is 2.56. The van der Waals surface area contributed by atoms with Gasteiger partial charge in [0.2, 0.25) is 0 Å². The van der Waals surface area contributed by atoms with E-state index in [0.717, 1.165) is 6.42 Å². The molecule has 0 saturated carbocycles. The second kappa shape index (κ2) is 8.32. The number of aromatic amines is 1. The minimum absolute atomic E-state index is 0.648. The first-order chi connectivity index (χ1) is 8.31. The number of aromatic nitrogens is 2. The summed E-state index contributed by atoms with van der Waals surface area (Å²) in [7, 11) is 0. The first-order valence-electron chi connectivity index (χ1n) is 7.35. The van der Waals surface area contributed by atoms with Gasteiger partial charge in [-0.25, -0.2) is 4.98 Å². The fourth-order valence-corrected chi connectivity index (χ4v) is 2.30. The highest BCUT2D eigenvalue weighted by Gasteiger charge is 2.13. The van der Waals surface area contributed by atoms with Gasteiger partial charge in [-0.1, -0.05) is 46.5 Å². The van der Waals surface area contributed by atoms with E-state index in [-0.39, 0.29) is 0 Å². The van der Waals surface area contributed by atoms with Crippen LogP contribution >= 0.6 is 0 Å². The van der Waals surface area contributed by atoms with E-state index in [0.29, 0.717) is 5.92 Å². The third-order valence-electron chi connectivity index (χ3n) is 3.38. The molecule has 0 amide bonds. The Morgan fingerprint density at radius 1 is 1.06 bits per heavy atom. The monoisotopic (exact) mass is 236 g/mol. The van der Waals surface area contributed by atoms with Crippen molar-refractivity contribution in [3.05, 3.63) is 17.7 Å². The molecule has 1 unspecified atom stereocenters. The Labute approximate surface area is 106 Å². The van der Waals surface area contributed by atoms with Gasteiger partial charge in [0, 0.05) is 17.8 Å². The molecule has 0 bridgehead atoms. The Hall–Kier alpha value is -0.790. The molecule has 2 heteroatoms. The molecule has 0 aromatic carbocycles. The molecule has 0 aliphatic rings. The van der Waals surface area contributed by atoms with Crippen LogP contribution in [0.25, 0.3) is 0 Å². The lowest BCUT2D eigenvalue weighted by Gasteiger charge is -2.12. The molecule has 1 heterocycles. The van der Waals surface area contributed by atoms with Crippen LogP contribution in [0.3, 0.4) is 0 Å². The van der Waals surface area contributed by atoms with Crippen LogP contribution in [0.15, 0.2) is 6.20 Å². The summed E-state index contributed by atoms with van der Waals surface area (Å²) in [6.45, 7) is 6.76. The molecule has 17 heavy (non-hydrogen) atoms. The van der Waals surface area contributed by atoms with Gasteiger partial charge in [-0.05, 0) is 25.7 Å². The van der Waals surface area contributed by atoms with Crippen LogP contribution in [0.5, 0.6) is 0 Å². The molecule has 0 radical (unpaired) electrons. The van der Waals surface area contributed by atoms with Gasteiger partial charge in [0.05, 0.1) is 0 Å². The number of H-pyrrole nitrogens is 1. The van der Waals surface area contributed by atoms with Gasteiger partial charge in [-0.3, -0.25) is 0 Å². The number of hydrogen-bond donors (Lipinski definition) is 1. The molecule has 0 aliphatic heterocycles. The predicted octanol–water partition coefficient (Wildman–Crippen LogP) is 4.83. The van der Waals surface area contributed by atoms with Crippen LogP contribution in [0.1, 0.15) is 83.2 Å². The normalized spacial score (nSPS) is 12.9. The maximum Gasteiger partial charge on any atom is 0.109 e. The summed E-state index contributed by atoms with van der Waals surface area (Å²) in [4.78, 5) is 8.12. The first kappa shape index (κ1) is 14.3. The smallest absolute Gasteiger partial charge is 0.109 e. The number of imidazole rings is 1. The standard InChI is InChI=1S/C15H28N2/c1-4-7-10-13(9-6-3)15-16-12-14(17-15)11-8-5-2/h12-13H,4-11H2,1-3H3,(H,16,17). The maximum absolute atomic E-state index is 4.59. The van der Waals surface area contributed by atoms with Crippen molar-refractivity contribution in [3.63, 3.8) is 0 Å². The zero-order chi connectivity index (χ0) is 12.5. The van der Waals surface area contributed by atoms with Crippen molar-refractivity contribution >= 4 is 0 Å². The number of unbranched alkanes of at least 4 members (excludes halogenated alkanes) is 2. The summed E-state index contributed by atoms with van der Waals surface area (Å²) in [5, 5.41) is 0. The summed E-state index contributed by atoms with van der Waals surface area (Å²) in [6, 6.07) is 0. The molecule has 0 aliphatic carbocycles. The van der Waals surface area contributed by atoms with E-state index < -0.39 is 0 Å². The minimum atomic E-state index is 0.648. The number of nitrogens with zero attached hydrogens (tertiary/aromatic N) is 1. The van der Waals surface area contributed by atoms with Gasteiger partial charge in [0.1, 0.15) is 5.82 Å². The van der Waals surface area contributed by atoms with Crippen molar-refractivity contribution in [1.82, 2.24) is 9.97 Å². The summed E-state index contributed by atoms with van der Waals surface area (Å²) in [6.07, 6.45) is 12.1. The van der Waals surface area contributed by atoms with E-state index in [1.807, 2.05) is 6.20 Å². The van der Waals surface area contributed by atoms with E-state index in [1.165, 1.54) is 56.5 Å². The Bertz CT molecular complexity index is 291. The molecule has 1 aromatic rings. The third-order valence-corrected chi connectivity index (χ3v) is 3.38. The van der Waals surface area contributed by atoms with Crippen LogP contribution in [0.4, 0.5) is 0 Å². The molecule has 1 atom stereocenters. The van der Waals surface area contributed by atoms with Gasteiger partial charge in [0.25, 0.3) is 0 Å². The molecule has 1 N–H and O–H groups in total. The lowest BCUT2D eigenvalue weighted by molar-refractivity contribution is 0.520. The van der Waals surface area contributed by atoms with E-state index in [4.69, 9.17) is 0 Å². The van der Waals surface area contributed by atoms with Crippen LogP contribution in [-0.4, -0.2) is 9.97 Å². The van der Waals surface area contributed by atoms with Gasteiger partial charge in [-0.2, -0.15) is 0 Å². The molecule has 98 valence electrons. The summed E-state index contributed by atoms with van der Waals surface area (Å²) in [5.41, 5.74) is 1.32. The predicted molar refractivity (Wildman–Crippen MR) is 74.4 cm³/mol. The van der Waals surface area contributed by atoms with E-state index in [2.05, 4.69) is 30.7 Å². The van der Waals surface area contributed by atoms with Crippen molar-refractivity contribution in [1.29, 1.82) is 0 Å². The highest BCUT2D eigenvalue weighted by atomic mass is 14.9. The Morgan fingerprint density at radius 3 is 2.47 bits per heavy atom. The maximum atomic E-state index is 4.59. The molecular weight excluding hydrogens is 208 g/mol. The molecule has 0 spiro atoms. The SMILES string of the molecule is CCCCc1cnc(C(CCC)CCCC)[nH]1. The lowest BCUT2D eigenvalue weighted by Crippen LogP contribution is -2.01. The molecular formula is C15H28N2. The van der Waals surface area contributed by atoms with Gasteiger partial charge in [0.15, 0.2) is 0 Å².